The second kappa shape index (κ2) is 6.40. The maximum atomic E-state index is 12.1. The molecule has 0 aliphatic carbocycles. The van der Waals surface area contributed by atoms with E-state index in [-0.39, 0.29) is 6.09 Å². The normalized spacial score (nSPS) is 16.8. The Bertz CT molecular complexity index is 715. The SMILES string of the molecule is CC(C)(C)OC(=O)N1CCC(c2nc3cc(Br)ccc3s2)CC1. The van der Waals surface area contributed by atoms with E-state index in [1.165, 1.54) is 9.71 Å². The van der Waals surface area contributed by atoms with Gasteiger partial charge in [-0.3, -0.25) is 0 Å². The first-order valence-electron chi connectivity index (χ1n) is 7.86. The molecule has 1 saturated heterocycles. The van der Waals surface area contributed by atoms with Gasteiger partial charge in [-0.05, 0) is 51.8 Å². The van der Waals surface area contributed by atoms with Gasteiger partial charge in [0.05, 0.1) is 15.2 Å². The smallest absolute Gasteiger partial charge is 0.410 e. The molecule has 0 radical (unpaired) electrons. The number of thiazole rings is 1. The molecular weight excluding hydrogens is 376 g/mol. The molecule has 6 heteroatoms. The lowest BCUT2D eigenvalue weighted by Gasteiger charge is -2.32. The van der Waals surface area contributed by atoms with Crippen LogP contribution >= 0.6 is 27.3 Å². The number of aromatic nitrogens is 1. The minimum atomic E-state index is -0.436. The fraction of sp³-hybridized carbons (Fsp3) is 0.529. The predicted octanol–water partition coefficient (Wildman–Crippen LogP) is 5.17. The molecule has 2 heterocycles. The van der Waals surface area contributed by atoms with Crippen LogP contribution in [0.25, 0.3) is 10.2 Å². The molecule has 3 rings (SSSR count). The summed E-state index contributed by atoms with van der Waals surface area (Å²) in [6.45, 7) is 7.17. The van der Waals surface area contributed by atoms with Crippen molar-refractivity contribution in [3.8, 4) is 0 Å². The van der Waals surface area contributed by atoms with Crippen LogP contribution in [0.1, 0.15) is 44.5 Å². The van der Waals surface area contributed by atoms with E-state index >= 15 is 0 Å². The number of benzene rings is 1. The third-order valence-electron chi connectivity index (χ3n) is 3.86. The van der Waals surface area contributed by atoms with E-state index in [4.69, 9.17) is 9.72 Å². The Kier molecular flexibility index (Phi) is 4.65. The van der Waals surface area contributed by atoms with E-state index in [9.17, 15) is 4.79 Å². The molecule has 0 saturated carbocycles. The zero-order chi connectivity index (χ0) is 16.6. The highest BCUT2D eigenvalue weighted by molar-refractivity contribution is 9.10. The number of fused-ring (bicyclic) bond motifs is 1. The van der Waals surface area contributed by atoms with E-state index in [2.05, 4.69) is 34.1 Å². The molecule has 1 fully saturated rings. The van der Waals surface area contributed by atoms with Crippen LogP contribution < -0.4 is 0 Å². The largest absolute Gasteiger partial charge is 0.444 e. The topological polar surface area (TPSA) is 42.4 Å². The number of likely N-dealkylation sites (tertiary alicyclic amines) is 1. The Morgan fingerprint density at radius 3 is 2.70 bits per heavy atom. The molecule has 1 aromatic carbocycles. The molecular formula is C17H21BrN2O2S. The highest BCUT2D eigenvalue weighted by Crippen LogP contribution is 2.35. The molecule has 0 atom stereocenters. The van der Waals surface area contributed by atoms with Crippen molar-refractivity contribution in [1.82, 2.24) is 9.88 Å². The van der Waals surface area contributed by atoms with Gasteiger partial charge < -0.3 is 9.64 Å². The summed E-state index contributed by atoms with van der Waals surface area (Å²) in [5, 5.41) is 1.18. The van der Waals surface area contributed by atoms with Crippen LogP contribution in [0, 0.1) is 0 Å². The monoisotopic (exact) mass is 396 g/mol. The average Bonchev–Trinajstić information content (AvgIpc) is 2.88. The van der Waals surface area contributed by atoms with Gasteiger partial charge in [0.2, 0.25) is 0 Å². The van der Waals surface area contributed by atoms with Crippen molar-refractivity contribution in [3.63, 3.8) is 0 Å². The van der Waals surface area contributed by atoms with E-state index in [0.29, 0.717) is 5.92 Å². The van der Waals surface area contributed by atoms with Crippen molar-refractivity contribution in [3.05, 3.63) is 27.7 Å². The summed E-state index contributed by atoms with van der Waals surface area (Å²) >= 11 is 5.26. The molecule has 0 unspecified atom stereocenters. The molecule has 124 valence electrons. The maximum Gasteiger partial charge on any atom is 0.410 e. The minimum Gasteiger partial charge on any atom is -0.444 e. The Morgan fingerprint density at radius 1 is 1.35 bits per heavy atom. The fourth-order valence-corrected chi connectivity index (χ4v) is 4.19. The number of hydrogen-bond acceptors (Lipinski definition) is 4. The number of hydrogen-bond donors (Lipinski definition) is 0. The van der Waals surface area contributed by atoms with Crippen molar-refractivity contribution in [2.24, 2.45) is 0 Å². The molecule has 4 nitrogen and oxygen atoms in total. The average molecular weight is 397 g/mol. The third kappa shape index (κ3) is 4.04. The van der Waals surface area contributed by atoms with Crippen LogP contribution in [0.4, 0.5) is 4.79 Å². The number of carbonyl (C=O) groups excluding carboxylic acids is 1. The molecule has 1 aliphatic heterocycles. The number of halogens is 1. The Morgan fingerprint density at radius 2 is 2.04 bits per heavy atom. The number of rotatable bonds is 1. The lowest BCUT2D eigenvalue weighted by atomic mass is 9.98. The summed E-state index contributed by atoms with van der Waals surface area (Å²) in [6, 6.07) is 6.22. The maximum absolute atomic E-state index is 12.1. The van der Waals surface area contributed by atoms with E-state index in [1.807, 2.05) is 25.7 Å². The minimum absolute atomic E-state index is 0.204. The lowest BCUT2D eigenvalue weighted by Crippen LogP contribution is -2.41. The standard InChI is InChI=1S/C17H21BrN2O2S/c1-17(2,3)22-16(21)20-8-6-11(7-9-20)15-19-13-10-12(18)4-5-14(13)23-15/h4-5,10-11H,6-9H2,1-3H3. The summed E-state index contributed by atoms with van der Waals surface area (Å²) in [5.41, 5.74) is 0.614. The molecule has 0 N–H and O–H groups in total. The number of piperidine rings is 1. The van der Waals surface area contributed by atoms with Gasteiger partial charge in [0.15, 0.2) is 0 Å². The molecule has 0 bridgehead atoms. The first-order chi connectivity index (χ1) is 10.8. The molecule has 1 aliphatic rings. The van der Waals surface area contributed by atoms with Crippen molar-refractivity contribution in [1.29, 1.82) is 0 Å². The van der Waals surface area contributed by atoms with Crippen LogP contribution in [0.15, 0.2) is 22.7 Å². The highest BCUT2D eigenvalue weighted by Gasteiger charge is 2.28. The first-order valence-corrected chi connectivity index (χ1v) is 9.47. The molecule has 0 spiro atoms. The zero-order valence-corrected chi connectivity index (χ0v) is 16.0. The first kappa shape index (κ1) is 16.7. The van der Waals surface area contributed by atoms with Gasteiger partial charge in [0.1, 0.15) is 5.60 Å². The van der Waals surface area contributed by atoms with Gasteiger partial charge in [0.25, 0.3) is 0 Å². The molecule has 23 heavy (non-hydrogen) atoms. The Balaban J connectivity index is 1.65. The molecule has 2 aromatic rings. The zero-order valence-electron chi connectivity index (χ0n) is 13.6. The summed E-state index contributed by atoms with van der Waals surface area (Å²) < 4.78 is 7.73. The van der Waals surface area contributed by atoms with Crippen molar-refractivity contribution < 1.29 is 9.53 Å². The van der Waals surface area contributed by atoms with Crippen molar-refractivity contribution >= 4 is 43.6 Å². The van der Waals surface area contributed by atoms with E-state index in [1.54, 1.807) is 11.3 Å². The van der Waals surface area contributed by atoms with Crippen LogP contribution in [0.3, 0.4) is 0 Å². The lowest BCUT2D eigenvalue weighted by molar-refractivity contribution is 0.0205. The van der Waals surface area contributed by atoms with Gasteiger partial charge in [-0.1, -0.05) is 15.9 Å². The van der Waals surface area contributed by atoms with Gasteiger partial charge >= 0.3 is 6.09 Å². The second-order valence-electron chi connectivity index (χ2n) is 6.91. The van der Waals surface area contributed by atoms with Crippen LogP contribution in [-0.2, 0) is 4.74 Å². The quantitative estimate of drug-likeness (QED) is 0.667. The second-order valence-corrected chi connectivity index (χ2v) is 8.88. The summed E-state index contributed by atoms with van der Waals surface area (Å²) in [7, 11) is 0. The highest BCUT2D eigenvalue weighted by atomic mass is 79.9. The fourth-order valence-electron chi connectivity index (χ4n) is 2.73. The van der Waals surface area contributed by atoms with Crippen LogP contribution in [0.5, 0.6) is 0 Å². The number of carbonyl (C=O) groups is 1. The predicted molar refractivity (Wildman–Crippen MR) is 97.1 cm³/mol. The molecule has 1 aromatic heterocycles. The van der Waals surface area contributed by atoms with Gasteiger partial charge in [-0.15, -0.1) is 11.3 Å². The van der Waals surface area contributed by atoms with Crippen LogP contribution in [-0.4, -0.2) is 34.7 Å². The Hall–Kier alpha value is -1.14. The van der Waals surface area contributed by atoms with E-state index < -0.39 is 5.60 Å². The summed E-state index contributed by atoms with van der Waals surface area (Å²) in [6.07, 6.45) is 1.68. The van der Waals surface area contributed by atoms with Gasteiger partial charge in [-0.2, -0.15) is 0 Å². The number of amides is 1. The van der Waals surface area contributed by atoms with Crippen molar-refractivity contribution in [2.75, 3.05) is 13.1 Å². The Labute approximate surface area is 149 Å². The van der Waals surface area contributed by atoms with Crippen molar-refractivity contribution in [2.45, 2.75) is 45.1 Å². The molecule has 1 amide bonds. The number of nitrogens with zero attached hydrogens (tertiary/aromatic N) is 2. The van der Waals surface area contributed by atoms with Gasteiger partial charge in [-0.25, -0.2) is 9.78 Å². The summed E-state index contributed by atoms with van der Waals surface area (Å²) in [5.74, 6) is 0.435. The van der Waals surface area contributed by atoms with Gasteiger partial charge in [0, 0.05) is 23.5 Å². The van der Waals surface area contributed by atoms with Crippen LogP contribution in [0.2, 0.25) is 0 Å². The summed E-state index contributed by atoms with van der Waals surface area (Å²) in [4.78, 5) is 18.7. The number of ether oxygens (including phenoxy) is 1. The third-order valence-corrected chi connectivity index (χ3v) is 5.55. The van der Waals surface area contributed by atoms with E-state index in [0.717, 1.165) is 35.9 Å².